The average molecular weight is 234 g/mol. The number of hydrogen-bond acceptors (Lipinski definition) is 2. The molecule has 4 heteroatoms. The minimum atomic E-state index is -1.11. The molecule has 0 saturated heterocycles. The van der Waals surface area contributed by atoms with E-state index in [1.165, 1.54) is 6.92 Å². The number of thioether (sulfide) groups is 1. The Bertz CT molecular complexity index is 216. The van der Waals surface area contributed by atoms with Crippen molar-refractivity contribution in [2.24, 2.45) is 4.99 Å². The van der Waals surface area contributed by atoms with Crippen molar-refractivity contribution in [2.75, 3.05) is 24.7 Å². The predicted molar refractivity (Wildman–Crippen MR) is 70.2 cm³/mol. The topological polar surface area (TPSA) is 29.4 Å². The molecule has 2 nitrogen and oxygen atoms in total. The maximum atomic E-state index is 11.0. The Morgan fingerprint density at radius 3 is 1.86 bits per heavy atom. The molecule has 0 aromatic rings. The van der Waals surface area contributed by atoms with Gasteiger partial charge in [-0.3, -0.25) is 4.79 Å². The molecule has 0 saturated carbocycles. The van der Waals surface area contributed by atoms with Crippen LogP contribution in [0.2, 0.25) is 0 Å². The Labute approximate surface area is 92.3 Å². The maximum Gasteiger partial charge on any atom is 0.246 e. The summed E-state index contributed by atoms with van der Waals surface area (Å²) in [6.07, 6.45) is 5.50. The van der Waals surface area contributed by atoms with Gasteiger partial charge in [-0.15, -0.1) is 0 Å². The summed E-state index contributed by atoms with van der Waals surface area (Å²) in [5.41, 5.74) is 0. The predicted octanol–water partition coefficient (Wildman–Crippen LogP) is 3.33. The summed E-state index contributed by atoms with van der Waals surface area (Å²) in [5.74, 6) is -0.0610. The van der Waals surface area contributed by atoms with Gasteiger partial charge in [0.25, 0.3) is 0 Å². The molecule has 82 valence electrons. The third kappa shape index (κ3) is 3.36. The first kappa shape index (κ1) is 14.1. The van der Waals surface area contributed by atoms with E-state index in [4.69, 9.17) is 0 Å². The standard InChI is InChI=1S/C10H21NOPS/c1-6-13(7-2,8-3)10(14-5)11-9(4)12/h6-8H2,1-5H3/q+1. The summed E-state index contributed by atoms with van der Waals surface area (Å²) in [4.78, 5) is 16.3. The second kappa shape index (κ2) is 6.58. The number of rotatable bonds is 4. The molecule has 0 aromatic heterocycles. The van der Waals surface area contributed by atoms with E-state index in [0.717, 1.165) is 23.3 Å². The third-order valence-electron chi connectivity index (χ3n) is 2.66. The van der Waals surface area contributed by atoms with Crippen LogP contribution in [-0.2, 0) is 4.79 Å². The van der Waals surface area contributed by atoms with Crippen LogP contribution in [0, 0.1) is 0 Å². The molecule has 0 atom stereocenters. The van der Waals surface area contributed by atoms with Gasteiger partial charge in [0, 0.05) is 6.92 Å². The second-order valence-electron chi connectivity index (χ2n) is 3.21. The van der Waals surface area contributed by atoms with Crippen molar-refractivity contribution in [1.82, 2.24) is 0 Å². The van der Waals surface area contributed by atoms with E-state index in [2.05, 4.69) is 25.8 Å². The van der Waals surface area contributed by atoms with E-state index in [1.807, 2.05) is 6.26 Å². The number of amides is 1. The molecular formula is C10H21NOPS+. The van der Waals surface area contributed by atoms with E-state index in [1.54, 1.807) is 11.8 Å². The lowest BCUT2D eigenvalue weighted by Crippen LogP contribution is -2.12. The Kier molecular flexibility index (Phi) is 6.63. The normalized spacial score (nSPS) is 13.1. The van der Waals surface area contributed by atoms with Crippen molar-refractivity contribution < 1.29 is 4.79 Å². The molecule has 1 amide bonds. The van der Waals surface area contributed by atoms with Gasteiger partial charge in [0.15, 0.2) is 0 Å². The van der Waals surface area contributed by atoms with Gasteiger partial charge >= 0.3 is 0 Å². The van der Waals surface area contributed by atoms with Crippen molar-refractivity contribution in [3.63, 3.8) is 0 Å². The van der Waals surface area contributed by atoms with E-state index in [0.29, 0.717) is 0 Å². The van der Waals surface area contributed by atoms with Crippen LogP contribution < -0.4 is 0 Å². The molecular weight excluding hydrogens is 213 g/mol. The van der Waals surface area contributed by atoms with Gasteiger partial charge in [0.2, 0.25) is 10.7 Å². The maximum absolute atomic E-state index is 11.0. The molecule has 0 heterocycles. The Hall–Kier alpha value is 0.120. The highest BCUT2D eigenvalue weighted by Gasteiger charge is 2.38. The monoisotopic (exact) mass is 234 g/mol. The lowest BCUT2D eigenvalue weighted by molar-refractivity contribution is -0.115. The first-order chi connectivity index (χ1) is 6.56. The van der Waals surface area contributed by atoms with Crippen molar-refractivity contribution in [2.45, 2.75) is 27.7 Å². The zero-order valence-electron chi connectivity index (χ0n) is 9.83. The summed E-state index contributed by atoms with van der Waals surface area (Å²) in [5, 5.41) is 0. The molecule has 0 aliphatic carbocycles. The van der Waals surface area contributed by atoms with Crippen LogP contribution in [0.3, 0.4) is 0 Å². The Balaban J connectivity index is 5.03. The number of carbonyl (C=O) groups excluding carboxylic acids is 1. The first-order valence-electron chi connectivity index (χ1n) is 5.06. The highest BCUT2D eigenvalue weighted by molar-refractivity contribution is 8.29. The molecule has 0 unspecified atom stereocenters. The smallest absolute Gasteiger partial charge is 0.246 e. The summed E-state index contributed by atoms with van der Waals surface area (Å²) >= 11 is 1.66. The molecule has 0 radical (unpaired) electrons. The molecule has 0 aliphatic rings. The van der Waals surface area contributed by atoms with Gasteiger partial charge in [0.05, 0.1) is 25.7 Å². The first-order valence-corrected chi connectivity index (χ1v) is 8.63. The minimum Gasteiger partial charge on any atom is -0.273 e. The summed E-state index contributed by atoms with van der Waals surface area (Å²) in [6, 6.07) is 0. The Morgan fingerprint density at radius 2 is 1.64 bits per heavy atom. The number of hydrogen-bond donors (Lipinski definition) is 0. The third-order valence-corrected chi connectivity index (χ3v) is 9.37. The van der Waals surface area contributed by atoms with Gasteiger partial charge in [-0.05, 0) is 27.0 Å². The minimum absolute atomic E-state index is 0.0610. The van der Waals surface area contributed by atoms with Crippen molar-refractivity contribution >= 4 is 29.7 Å². The van der Waals surface area contributed by atoms with Crippen LogP contribution in [0.25, 0.3) is 0 Å². The van der Waals surface area contributed by atoms with Crippen molar-refractivity contribution in [3.05, 3.63) is 0 Å². The van der Waals surface area contributed by atoms with Gasteiger partial charge < -0.3 is 0 Å². The van der Waals surface area contributed by atoms with E-state index in [-0.39, 0.29) is 5.91 Å². The number of carbonyl (C=O) groups is 1. The van der Waals surface area contributed by atoms with Crippen molar-refractivity contribution in [1.29, 1.82) is 0 Å². The second-order valence-corrected chi connectivity index (χ2v) is 8.92. The molecule has 0 bridgehead atoms. The number of nitrogens with zero attached hydrogens (tertiary/aromatic N) is 1. The van der Waals surface area contributed by atoms with E-state index < -0.39 is 7.26 Å². The fraction of sp³-hybridized carbons (Fsp3) is 0.800. The molecule has 0 aromatic carbocycles. The highest BCUT2D eigenvalue weighted by atomic mass is 32.2. The van der Waals surface area contributed by atoms with Crippen LogP contribution in [0.5, 0.6) is 0 Å². The fourth-order valence-electron chi connectivity index (χ4n) is 1.56. The SMILES string of the molecule is CC[P+](CC)(CC)C(=NC(C)=O)SC. The van der Waals surface area contributed by atoms with Crippen LogP contribution in [0.1, 0.15) is 27.7 Å². The lowest BCUT2D eigenvalue weighted by Gasteiger charge is -2.22. The van der Waals surface area contributed by atoms with Crippen LogP contribution in [-0.4, -0.2) is 35.4 Å². The average Bonchev–Trinajstić information content (AvgIpc) is 2.19. The zero-order valence-corrected chi connectivity index (χ0v) is 11.5. The van der Waals surface area contributed by atoms with Crippen LogP contribution in [0.15, 0.2) is 4.99 Å². The van der Waals surface area contributed by atoms with Gasteiger partial charge in [-0.25, -0.2) is 0 Å². The van der Waals surface area contributed by atoms with E-state index in [9.17, 15) is 4.79 Å². The van der Waals surface area contributed by atoms with Gasteiger partial charge in [-0.2, -0.15) is 4.99 Å². The molecule has 0 aliphatic heterocycles. The van der Waals surface area contributed by atoms with Crippen molar-refractivity contribution in [3.8, 4) is 0 Å². The largest absolute Gasteiger partial charge is 0.273 e. The summed E-state index contributed by atoms with van der Waals surface area (Å²) in [7, 11) is -1.11. The van der Waals surface area contributed by atoms with Gasteiger partial charge in [0.1, 0.15) is 0 Å². The summed E-state index contributed by atoms with van der Waals surface area (Å²) < 4.78 is 0. The molecule has 0 spiro atoms. The molecule has 14 heavy (non-hydrogen) atoms. The molecule has 0 fully saturated rings. The lowest BCUT2D eigenvalue weighted by atomic mass is 10.8. The van der Waals surface area contributed by atoms with Crippen LogP contribution >= 0.6 is 19.0 Å². The van der Waals surface area contributed by atoms with Gasteiger partial charge in [-0.1, -0.05) is 11.8 Å². The van der Waals surface area contributed by atoms with Crippen LogP contribution in [0.4, 0.5) is 0 Å². The quantitative estimate of drug-likeness (QED) is 0.424. The fourth-order valence-corrected chi connectivity index (χ4v) is 6.99. The highest BCUT2D eigenvalue weighted by Crippen LogP contribution is 2.61. The molecule has 0 rings (SSSR count). The van der Waals surface area contributed by atoms with E-state index >= 15 is 0 Å². The molecule has 0 N–H and O–H groups in total. The number of aliphatic imine (C=N–C) groups is 1. The Morgan fingerprint density at radius 1 is 1.21 bits per heavy atom. The summed E-state index contributed by atoms with van der Waals surface area (Å²) in [6.45, 7) is 8.18. The zero-order chi connectivity index (χ0) is 11.2.